The van der Waals surface area contributed by atoms with Crippen molar-refractivity contribution in [2.24, 2.45) is 0 Å². The largest absolute Gasteiger partial charge is 0.573 e. The van der Waals surface area contributed by atoms with Gasteiger partial charge in [0.15, 0.2) is 0 Å². The summed E-state index contributed by atoms with van der Waals surface area (Å²) in [7, 11) is 0. The van der Waals surface area contributed by atoms with E-state index in [4.69, 9.17) is 0 Å². The molecule has 0 aliphatic heterocycles. The van der Waals surface area contributed by atoms with E-state index < -0.39 is 6.36 Å². The Morgan fingerprint density at radius 2 is 1.84 bits per heavy atom. The molecule has 0 aromatic heterocycles. The van der Waals surface area contributed by atoms with Crippen molar-refractivity contribution >= 4 is 5.69 Å². The summed E-state index contributed by atoms with van der Waals surface area (Å²) in [6.45, 7) is 2.92. The van der Waals surface area contributed by atoms with Gasteiger partial charge in [-0.05, 0) is 18.6 Å². The summed E-state index contributed by atoms with van der Waals surface area (Å²) in [5, 5.41) is 3.10. The van der Waals surface area contributed by atoms with E-state index in [9.17, 15) is 13.2 Å². The highest BCUT2D eigenvalue weighted by molar-refractivity contribution is 5.48. The summed E-state index contributed by atoms with van der Waals surface area (Å²) in [4.78, 5) is 0. The molecule has 0 unspecified atom stereocenters. The molecular formula is C14H20F3NO. The Labute approximate surface area is 112 Å². The van der Waals surface area contributed by atoms with E-state index in [0.717, 1.165) is 19.4 Å². The maximum absolute atomic E-state index is 12.1. The lowest BCUT2D eigenvalue weighted by atomic mass is 10.1. The number of anilines is 1. The first kappa shape index (κ1) is 15.7. The molecule has 1 N–H and O–H groups in total. The number of hydrogen-bond donors (Lipinski definition) is 1. The molecule has 1 rings (SSSR count). The maximum Gasteiger partial charge on any atom is 0.573 e. The molecule has 5 heteroatoms. The van der Waals surface area contributed by atoms with Crippen LogP contribution in [0.4, 0.5) is 18.9 Å². The lowest BCUT2D eigenvalue weighted by molar-refractivity contribution is -0.274. The summed E-state index contributed by atoms with van der Waals surface area (Å²) in [6, 6.07) is 5.93. The molecule has 19 heavy (non-hydrogen) atoms. The van der Waals surface area contributed by atoms with E-state index in [1.165, 1.54) is 31.4 Å². The second-order valence-electron chi connectivity index (χ2n) is 4.42. The van der Waals surface area contributed by atoms with Gasteiger partial charge in [-0.1, -0.05) is 38.7 Å². The molecule has 0 saturated heterocycles. The van der Waals surface area contributed by atoms with Crippen molar-refractivity contribution < 1.29 is 17.9 Å². The Bertz CT molecular complexity index is 366. The smallest absolute Gasteiger partial charge is 0.406 e. The third-order valence-electron chi connectivity index (χ3n) is 2.68. The van der Waals surface area contributed by atoms with E-state index in [-0.39, 0.29) is 5.75 Å². The molecule has 0 atom stereocenters. The van der Waals surface area contributed by atoms with E-state index in [1.54, 1.807) is 12.1 Å². The first-order chi connectivity index (χ1) is 9.01. The van der Waals surface area contributed by atoms with Crippen LogP contribution in [-0.4, -0.2) is 12.9 Å². The van der Waals surface area contributed by atoms with E-state index in [2.05, 4.69) is 17.0 Å². The minimum atomic E-state index is -4.64. The number of nitrogens with one attached hydrogen (secondary N) is 1. The monoisotopic (exact) mass is 275 g/mol. The van der Waals surface area contributed by atoms with Gasteiger partial charge in [-0.2, -0.15) is 0 Å². The average molecular weight is 275 g/mol. The topological polar surface area (TPSA) is 21.3 Å². The van der Waals surface area contributed by atoms with Crippen LogP contribution in [0.25, 0.3) is 0 Å². The van der Waals surface area contributed by atoms with Gasteiger partial charge in [0.05, 0.1) is 0 Å². The third kappa shape index (κ3) is 7.59. The van der Waals surface area contributed by atoms with E-state index in [0.29, 0.717) is 5.69 Å². The van der Waals surface area contributed by atoms with Gasteiger partial charge in [-0.15, -0.1) is 13.2 Å². The summed E-state index contributed by atoms with van der Waals surface area (Å²) in [5.74, 6) is -0.191. The van der Waals surface area contributed by atoms with Crippen molar-refractivity contribution in [2.75, 3.05) is 11.9 Å². The SMILES string of the molecule is CCCCCCCNc1cccc(OC(F)(F)F)c1. The minimum Gasteiger partial charge on any atom is -0.406 e. The molecule has 0 bridgehead atoms. The lowest BCUT2D eigenvalue weighted by Gasteiger charge is -2.11. The Morgan fingerprint density at radius 3 is 2.53 bits per heavy atom. The first-order valence-electron chi connectivity index (χ1n) is 6.61. The number of halogens is 3. The number of hydrogen-bond acceptors (Lipinski definition) is 2. The van der Waals surface area contributed by atoms with E-state index >= 15 is 0 Å². The molecule has 1 aromatic carbocycles. The lowest BCUT2D eigenvalue weighted by Crippen LogP contribution is -2.17. The van der Waals surface area contributed by atoms with Gasteiger partial charge in [-0.3, -0.25) is 0 Å². The fourth-order valence-electron chi connectivity index (χ4n) is 1.76. The second kappa shape index (κ2) is 7.92. The van der Waals surface area contributed by atoms with Crippen molar-refractivity contribution in [3.8, 4) is 5.75 Å². The molecule has 108 valence electrons. The first-order valence-corrected chi connectivity index (χ1v) is 6.61. The predicted octanol–water partition coefficient (Wildman–Crippen LogP) is 4.97. The maximum atomic E-state index is 12.1. The minimum absolute atomic E-state index is 0.191. The quantitative estimate of drug-likeness (QED) is 0.676. The number of benzene rings is 1. The molecular weight excluding hydrogens is 255 g/mol. The van der Waals surface area contributed by atoms with Crippen LogP contribution in [0.1, 0.15) is 39.0 Å². The number of rotatable bonds is 8. The molecule has 0 aliphatic rings. The summed E-state index contributed by atoms with van der Waals surface area (Å²) in [6.07, 6.45) is 1.15. The summed E-state index contributed by atoms with van der Waals surface area (Å²) < 4.78 is 40.0. The summed E-state index contributed by atoms with van der Waals surface area (Å²) >= 11 is 0. The highest BCUT2D eigenvalue weighted by Gasteiger charge is 2.31. The molecule has 2 nitrogen and oxygen atoms in total. The van der Waals surface area contributed by atoms with Crippen LogP contribution in [0, 0.1) is 0 Å². The van der Waals surface area contributed by atoms with Gasteiger partial charge in [0.25, 0.3) is 0 Å². The fourth-order valence-corrected chi connectivity index (χ4v) is 1.76. The van der Waals surface area contributed by atoms with Crippen LogP contribution in [0.3, 0.4) is 0 Å². The Balaban J connectivity index is 2.32. The standard InChI is InChI=1S/C14H20F3NO/c1-2-3-4-5-6-10-18-12-8-7-9-13(11-12)19-14(15,16)17/h7-9,11,18H,2-6,10H2,1H3. The molecule has 0 amide bonds. The molecule has 0 aliphatic carbocycles. The van der Waals surface area contributed by atoms with Crippen molar-refractivity contribution in [3.63, 3.8) is 0 Å². The zero-order valence-corrected chi connectivity index (χ0v) is 11.1. The van der Waals surface area contributed by atoms with Crippen LogP contribution in [-0.2, 0) is 0 Å². The Hall–Kier alpha value is -1.39. The van der Waals surface area contributed by atoms with Crippen LogP contribution in [0.2, 0.25) is 0 Å². The van der Waals surface area contributed by atoms with Crippen LogP contribution in [0.15, 0.2) is 24.3 Å². The number of ether oxygens (including phenoxy) is 1. The molecule has 0 fully saturated rings. The normalized spacial score (nSPS) is 11.4. The highest BCUT2D eigenvalue weighted by atomic mass is 19.4. The Morgan fingerprint density at radius 1 is 1.11 bits per heavy atom. The van der Waals surface area contributed by atoms with Gasteiger partial charge in [0, 0.05) is 18.3 Å². The van der Waals surface area contributed by atoms with E-state index in [1.807, 2.05) is 0 Å². The van der Waals surface area contributed by atoms with Gasteiger partial charge in [-0.25, -0.2) is 0 Å². The number of unbranched alkanes of at least 4 members (excludes halogenated alkanes) is 4. The van der Waals surface area contributed by atoms with Gasteiger partial charge in [0.1, 0.15) is 5.75 Å². The Kier molecular flexibility index (Phi) is 6.53. The van der Waals surface area contributed by atoms with Crippen LogP contribution < -0.4 is 10.1 Å². The molecule has 0 spiro atoms. The van der Waals surface area contributed by atoms with Crippen LogP contribution in [0.5, 0.6) is 5.75 Å². The molecule has 0 radical (unpaired) electrons. The van der Waals surface area contributed by atoms with Crippen molar-refractivity contribution in [1.82, 2.24) is 0 Å². The average Bonchev–Trinajstić information content (AvgIpc) is 2.32. The van der Waals surface area contributed by atoms with Crippen molar-refractivity contribution in [2.45, 2.75) is 45.4 Å². The zero-order chi connectivity index (χ0) is 14.1. The zero-order valence-electron chi connectivity index (χ0n) is 11.1. The van der Waals surface area contributed by atoms with Gasteiger partial charge >= 0.3 is 6.36 Å². The van der Waals surface area contributed by atoms with Gasteiger partial charge in [0.2, 0.25) is 0 Å². The fraction of sp³-hybridized carbons (Fsp3) is 0.571. The molecule has 0 heterocycles. The highest BCUT2D eigenvalue weighted by Crippen LogP contribution is 2.24. The number of alkyl halides is 3. The van der Waals surface area contributed by atoms with Crippen molar-refractivity contribution in [1.29, 1.82) is 0 Å². The predicted molar refractivity (Wildman–Crippen MR) is 70.4 cm³/mol. The van der Waals surface area contributed by atoms with Crippen molar-refractivity contribution in [3.05, 3.63) is 24.3 Å². The second-order valence-corrected chi connectivity index (χ2v) is 4.42. The van der Waals surface area contributed by atoms with Gasteiger partial charge < -0.3 is 10.1 Å². The molecule has 0 saturated carbocycles. The van der Waals surface area contributed by atoms with Crippen LogP contribution >= 0.6 is 0 Å². The molecule has 1 aromatic rings. The third-order valence-corrected chi connectivity index (χ3v) is 2.68. The summed E-state index contributed by atoms with van der Waals surface area (Å²) in [5.41, 5.74) is 0.650.